The van der Waals surface area contributed by atoms with Crippen LogP contribution in [0, 0.1) is 0 Å². The number of carbonyl (C=O) groups is 1. The fraction of sp³-hybridized carbons (Fsp3) is 0.538. The molecule has 1 amide bonds. The Kier molecular flexibility index (Phi) is 3.39. The number of alkyl halides is 3. The number of carbonyl (C=O) groups excluding carboxylic acids is 1. The third kappa shape index (κ3) is 2.16. The quantitative estimate of drug-likeness (QED) is 0.833. The number of nitrogens with zero attached hydrogens (tertiary/aromatic N) is 3. The van der Waals surface area contributed by atoms with Crippen LogP contribution in [0.5, 0.6) is 5.88 Å². The monoisotopic (exact) mass is 316 g/mol. The second kappa shape index (κ2) is 5.01. The number of hydrogen-bond acceptors (Lipinski definition) is 5. The van der Waals surface area contributed by atoms with Gasteiger partial charge in [-0.1, -0.05) is 0 Å². The molecule has 1 fully saturated rings. The van der Waals surface area contributed by atoms with Gasteiger partial charge in [-0.25, -0.2) is 0 Å². The molecule has 22 heavy (non-hydrogen) atoms. The smallest absolute Gasteiger partial charge is 0.421 e. The number of aromatic nitrogens is 1. The van der Waals surface area contributed by atoms with E-state index in [-0.39, 0.29) is 11.6 Å². The summed E-state index contributed by atoms with van der Waals surface area (Å²) in [6.45, 7) is 1.57. The maximum atomic E-state index is 13.1. The van der Waals surface area contributed by atoms with Gasteiger partial charge in [0.2, 0.25) is 5.88 Å². The first-order valence-corrected chi connectivity index (χ1v) is 6.75. The Hall–Kier alpha value is -2.03. The molecule has 3 heterocycles. The number of anilines is 2. The number of ether oxygens (including phenoxy) is 1. The predicted octanol–water partition coefficient (Wildman–Crippen LogP) is 0.864. The van der Waals surface area contributed by atoms with E-state index in [0.717, 1.165) is 13.2 Å². The number of hydrogen-bond donors (Lipinski definition) is 1. The van der Waals surface area contributed by atoms with Gasteiger partial charge in [-0.3, -0.25) is 4.79 Å². The summed E-state index contributed by atoms with van der Waals surface area (Å²) in [6, 6.07) is 0.470. The molecule has 2 aliphatic heterocycles. The van der Waals surface area contributed by atoms with Gasteiger partial charge in [0.15, 0.2) is 5.82 Å². The number of likely N-dealkylation sites (N-methyl/N-ethyl adjacent to an activating group) is 1. The second-order valence-electron chi connectivity index (χ2n) is 5.20. The molecule has 1 N–H and O–H groups in total. The van der Waals surface area contributed by atoms with Gasteiger partial charge >= 0.3 is 6.18 Å². The van der Waals surface area contributed by atoms with Crippen molar-refractivity contribution < 1.29 is 22.7 Å². The van der Waals surface area contributed by atoms with Crippen LogP contribution in [-0.4, -0.2) is 50.7 Å². The van der Waals surface area contributed by atoms with Crippen LogP contribution >= 0.6 is 0 Å². The van der Waals surface area contributed by atoms with Crippen molar-refractivity contribution in [2.45, 2.75) is 12.2 Å². The first-order valence-electron chi connectivity index (χ1n) is 6.75. The number of nitrogens with one attached hydrogen (secondary N) is 1. The highest BCUT2D eigenvalue weighted by atomic mass is 19.4. The fourth-order valence-electron chi connectivity index (χ4n) is 2.81. The molecular weight excluding hydrogens is 301 g/mol. The predicted molar refractivity (Wildman–Crippen MR) is 73.2 cm³/mol. The van der Waals surface area contributed by atoms with Gasteiger partial charge in [-0.2, -0.15) is 18.2 Å². The average Bonchev–Trinajstić information content (AvgIpc) is 2.50. The zero-order valence-electron chi connectivity index (χ0n) is 12.1. The lowest BCUT2D eigenvalue weighted by molar-refractivity contribution is -0.139. The standard InChI is InChI=1S/C13H15F3N4O2/c1-19-8-5-7(13(14,15)16)11(22-2)18-10(8)20-4-3-17-6-9(20)12(19)21/h5,9,17H,3-4,6H2,1-2H3/t9-/m0/s1. The minimum absolute atomic E-state index is 0.149. The van der Waals surface area contributed by atoms with Crippen molar-refractivity contribution >= 4 is 17.4 Å². The van der Waals surface area contributed by atoms with E-state index in [0.29, 0.717) is 25.5 Å². The highest BCUT2D eigenvalue weighted by Crippen LogP contribution is 2.43. The third-order valence-corrected chi connectivity index (χ3v) is 3.94. The van der Waals surface area contributed by atoms with Crippen molar-refractivity contribution in [1.82, 2.24) is 10.3 Å². The Labute approximate surface area is 124 Å². The van der Waals surface area contributed by atoms with Gasteiger partial charge in [0.25, 0.3) is 5.91 Å². The molecule has 2 aliphatic rings. The van der Waals surface area contributed by atoms with Crippen LogP contribution in [0.2, 0.25) is 0 Å². The van der Waals surface area contributed by atoms with Crippen molar-refractivity contribution in [3.05, 3.63) is 11.6 Å². The first-order chi connectivity index (χ1) is 10.3. The summed E-state index contributed by atoms with van der Waals surface area (Å²) in [5.74, 6) is -0.385. The lowest BCUT2D eigenvalue weighted by Crippen LogP contribution is -2.61. The van der Waals surface area contributed by atoms with Crippen molar-refractivity contribution in [3.8, 4) is 5.88 Å². The summed E-state index contributed by atoms with van der Waals surface area (Å²) < 4.78 is 44.1. The Balaban J connectivity index is 2.18. The van der Waals surface area contributed by atoms with E-state index in [1.165, 1.54) is 11.9 Å². The van der Waals surface area contributed by atoms with Crippen LogP contribution in [0.4, 0.5) is 24.7 Å². The molecule has 0 aliphatic carbocycles. The zero-order chi connectivity index (χ0) is 16.1. The molecule has 1 aromatic heterocycles. The number of methoxy groups -OCH3 is 1. The van der Waals surface area contributed by atoms with Crippen LogP contribution in [0.1, 0.15) is 5.56 Å². The van der Waals surface area contributed by atoms with E-state index in [1.54, 1.807) is 4.90 Å². The number of rotatable bonds is 1. The fourth-order valence-corrected chi connectivity index (χ4v) is 2.81. The second-order valence-corrected chi connectivity index (χ2v) is 5.20. The molecule has 3 rings (SSSR count). The molecule has 1 saturated heterocycles. The summed E-state index contributed by atoms with van der Waals surface area (Å²) in [5.41, 5.74) is -0.835. The van der Waals surface area contributed by atoms with E-state index in [1.807, 2.05) is 0 Å². The van der Waals surface area contributed by atoms with Gasteiger partial charge in [0, 0.05) is 26.7 Å². The summed E-state index contributed by atoms with van der Waals surface area (Å²) in [6.07, 6.45) is -4.60. The molecule has 0 spiro atoms. The van der Waals surface area contributed by atoms with Crippen LogP contribution in [-0.2, 0) is 11.0 Å². The highest BCUT2D eigenvalue weighted by molar-refractivity contribution is 6.04. The Morgan fingerprint density at radius 3 is 2.82 bits per heavy atom. The average molecular weight is 316 g/mol. The Bertz CT molecular complexity index is 620. The maximum absolute atomic E-state index is 13.1. The first kappa shape index (κ1) is 14.9. The Morgan fingerprint density at radius 2 is 2.18 bits per heavy atom. The lowest BCUT2D eigenvalue weighted by Gasteiger charge is -2.43. The normalized spacial score (nSPS) is 21.5. The van der Waals surface area contributed by atoms with E-state index >= 15 is 0 Å². The number of amides is 1. The molecule has 1 atom stereocenters. The lowest BCUT2D eigenvalue weighted by atomic mass is 10.1. The van der Waals surface area contributed by atoms with Crippen LogP contribution < -0.4 is 19.9 Å². The third-order valence-electron chi connectivity index (χ3n) is 3.94. The largest absolute Gasteiger partial charge is 0.481 e. The van der Waals surface area contributed by atoms with Gasteiger partial charge in [-0.05, 0) is 6.07 Å². The summed E-state index contributed by atoms with van der Waals surface area (Å²) >= 11 is 0. The van der Waals surface area contributed by atoms with Gasteiger partial charge < -0.3 is 19.9 Å². The van der Waals surface area contributed by atoms with Crippen molar-refractivity contribution in [1.29, 1.82) is 0 Å². The molecular formula is C13H15F3N4O2. The van der Waals surface area contributed by atoms with Gasteiger partial charge in [-0.15, -0.1) is 0 Å². The summed E-state index contributed by atoms with van der Waals surface area (Å²) in [4.78, 5) is 19.3. The number of halogens is 3. The molecule has 6 nitrogen and oxygen atoms in total. The Morgan fingerprint density at radius 1 is 1.45 bits per heavy atom. The van der Waals surface area contributed by atoms with Crippen LogP contribution in [0.3, 0.4) is 0 Å². The van der Waals surface area contributed by atoms with E-state index in [4.69, 9.17) is 4.74 Å². The number of piperazine rings is 1. The zero-order valence-corrected chi connectivity index (χ0v) is 12.1. The molecule has 0 bridgehead atoms. The SMILES string of the molecule is COc1nc2c(cc1C(F)(F)F)N(C)C(=O)[C@@H]1CNCCN21. The molecule has 1 aromatic rings. The van der Waals surface area contributed by atoms with Gasteiger partial charge in [0.1, 0.15) is 11.6 Å². The minimum atomic E-state index is -4.60. The molecule has 0 radical (unpaired) electrons. The number of fused-ring (bicyclic) bond motifs is 3. The number of pyridine rings is 1. The van der Waals surface area contributed by atoms with E-state index in [2.05, 4.69) is 10.3 Å². The van der Waals surface area contributed by atoms with Crippen LogP contribution in [0.25, 0.3) is 0 Å². The van der Waals surface area contributed by atoms with E-state index in [9.17, 15) is 18.0 Å². The molecule has 9 heteroatoms. The van der Waals surface area contributed by atoms with Crippen molar-refractivity contribution in [2.75, 3.05) is 43.6 Å². The maximum Gasteiger partial charge on any atom is 0.421 e. The highest BCUT2D eigenvalue weighted by Gasteiger charge is 2.43. The van der Waals surface area contributed by atoms with E-state index < -0.39 is 23.7 Å². The molecule has 0 aromatic carbocycles. The van der Waals surface area contributed by atoms with Crippen molar-refractivity contribution in [2.24, 2.45) is 0 Å². The minimum Gasteiger partial charge on any atom is -0.481 e. The summed E-state index contributed by atoms with van der Waals surface area (Å²) in [7, 11) is 2.61. The molecule has 0 unspecified atom stereocenters. The summed E-state index contributed by atoms with van der Waals surface area (Å²) in [5, 5.41) is 3.10. The topological polar surface area (TPSA) is 57.7 Å². The van der Waals surface area contributed by atoms with Crippen molar-refractivity contribution in [3.63, 3.8) is 0 Å². The van der Waals surface area contributed by atoms with Gasteiger partial charge in [0.05, 0.1) is 12.8 Å². The van der Waals surface area contributed by atoms with Crippen LogP contribution in [0.15, 0.2) is 6.07 Å². The molecule has 0 saturated carbocycles. The molecule has 120 valence electrons.